The van der Waals surface area contributed by atoms with Gasteiger partial charge in [0, 0.05) is 42.1 Å². The Kier molecular flexibility index (Phi) is 4.24. The van der Waals surface area contributed by atoms with Crippen LogP contribution in [0.15, 0.2) is 24.4 Å². The van der Waals surface area contributed by atoms with Crippen molar-refractivity contribution in [2.24, 2.45) is 0 Å². The fourth-order valence-corrected chi connectivity index (χ4v) is 2.66. The summed E-state index contributed by atoms with van der Waals surface area (Å²) in [4.78, 5) is 9.67. The Morgan fingerprint density at radius 1 is 1.52 bits per heavy atom. The Morgan fingerprint density at radius 2 is 2.38 bits per heavy atom. The number of nitrogens with one attached hydrogen (secondary N) is 1. The van der Waals surface area contributed by atoms with Crippen LogP contribution in [0, 0.1) is 12.7 Å². The van der Waals surface area contributed by atoms with Crippen molar-refractivity contribution in [1.29, 1.82) is 0 Å². The molecule has 0 amide bonds. The second-order valence-electron chi connectivity index (χ2n) is 5.28. The summed E-state index contributed by atoms with van der Waals surface area (Å²) in [6, 6.07) is 4.80. The van der Waals surface area contributed by atoms with Gasteiger partial charge in [-0.25, -0.2) is 9.37 Å². The van der Waals surface area contributed by atoms with E-state index in [4.69, 9.17) is 16.3 Å². The quantitative estimate of drug-likeness (QED) is 0.947. The van der Waals surface area contributed by atoms with Gasteiger partial charge in [-0.05, 0) is 19.1 Å². The first-order valence-corrected chi connectivity index (χ1v) is 7.29. The average Bonchev–Trinajstić information content (AvgIpc) is 2.89. The second-order valence-corrected chi connectivity index (χ2v) is 5.72. The van der Waals surface area contributed by atoms with E-state index < -0.39 is 0 Å². The Labute approximate surface area is 127 Å². The van der Waals surface area contributed by atoms with Crippen molar-refractivity contribution in [3.63, 3.8) is 0 Å². The van der Waals surface area contributed by atoms with Gasteiger partial charge in [0.1, 0.15) is 17.7 Å². The highest BCUT2D eigenvalue weighted by Gasteiger charge is 2.24. The van der Waals surface area contributed by atoms with E-state index in [2.05, 4.69) is 14.9 Å². The molecule has 6 heteroatoms. The van der Waals surface area contributed by atoms with Crippen LogP contribution in [0.2, 0.25) is 5.02 Å². The van der Waals surface area contributed by atoms with Gasteiger partial charge in [0.05, 0.1) is 6.61 Å². The maximum absolute atomic E-state index is 13.9. The standard InChI is InChI=1S/C15H17ClFN3O/c1-10-7-18-15(19-10)14-9-20(4-5-21-14)8-11-2-3-12(16)6-13(11)17/h2-3,6-7,14H,4-5,8-9H2,1H3,(H,18,19)/t14-/m0/s1. The van der Waals surface area contributed by atoms with Gasteiger partial charge in [0.15, 0.2) is 0 Å². The summed E-state index contributed by atoms with van der Waals surface area (Å²) in [5.41, 5.74) is 1.66. The van der Waals surface area contributed by atoms with Crippen molar-refractivity contribution in [1.82, 2.24) is 14.9 Å². The Balaban J connectivity index is 1.68. The maximum atomic E-state index is 13.9. The summed E-state index contributed by atoms with van der Waals surface area (Å²) in [5, 5.41) is 0.419. The van der Waals surface area contributed by atoms with Gasteiger partial charge in [-0.15, -0.1) is 0 Å². The number of H-pyrrole nitrogens is 1. The molecule has 112 valence electrons. The Morgan fingerprint density at radius 3 is 3.10 bits per heavy atom. The molecular formula is C15H17ClFN3O. The number of benzene rings is 1. The molecule has 1 aromatic carbocycles. The van der Waals surface area contributed by atoms with Crippen molar-refractivity contribution in [2.45, 2.75) is 19.6 Å². The fraction of sp³-hybridized carbons (Fsp3) is 0.400. The zero-order valence-electron chi connectivity index (χ0n) is 11.8. The number of nitrogens with zero attached hydrogens (tertiary/aromatic N) is 2. The highest BCUT2D eigenvalue weighted by atomic mass is 35.5. The van der Waals surface area contributed by atoms with Crippen LogP contribution in [-0.4, -0.2) is 34.6 Å². The zero-order valence-corrected chi connectivity index (χ0v) is 12.5. The largest absolute Gasteiger partial charge is 0.368 e. The summed E-state index contributed by atoms with van der Waals surface area (Å²) in [5.74, 6) is 0.563. The molecule has 3 rings (SSSR count). The maximum Gasteiger partial charge on any atom is 0.136 e. The van der Waals surface area contributed by atoms with Gasteiger partial charge in [0.25, 0.3) is 0 Å². The first-order valence-electron chi connectivity index (χ1n) is 6.91. The van der Waals surface area contributed by atoms with E-state index in [0.717, 1.165) is 18.1 Å². The lowest BCUT2D eigenvalue weighted by Gasteiger charge is -2.32. The first kappa shape index (κ1) is 14.5. The SMILES string of the molecule is Cc1cnc([C@@H]2CN(Cc3ccc(Cl)cc3F)CCO2)[nH]1. The average molecular weight is 310 g/mol. The number of aromatic nitrogens is 2. The van der Waals surface area contributed by atoms with Crippen LogP contribution in [0.1, 0.15) is 23.2 Å². The lowest BCUT2D eigenvalue weighted by Crippen LogP contribution is -2.38. The lowest BCUT2D eigenvalue weighted by atomic mass is 10.1. The molecule has 1 fully saturated rings. The van der Waals surface area contributed by atoms with Crippen LogP contribution >= 0.6 is 11.6 Å². The number of rotatable bonds is 3. The van der Waals surface area contributed by atoms with Crippen molar-refractivity contribution < 1.29 is 9.13 Å². The molecule has 21 heavy (non-hydrogen) atoms. The summed E-state index contributed by atoms with van der Waals surface area (Å²) in [6.45, 7) is 4.58. The molecule has 0 radical (unpaired) electrons. The molecule has 1 aromatic heterocycles. The third-order valence-corrected chi connectivity index (χ3v) is 3.82. The van der Waals surface area contributed by atoms with Crippen molar-refractivity contribution >= 4 is 11.6 Å². The molecule has 1 aliphatic rings. The number of aryl methyl sites for hydroxylation is 1. The zero-order chi connectivity index (χ0) is 14.8. The number of imidazole rings is 1. The van der Waals surface area contributed by atoms with Gasteiger partial charge in [-0.1, -0.05) is 17.7 Å². The van der Waals surface area contributed by atoms with Gasteiger partial charge in [0.2, 0.25) is 0 Å². The van der Waals surface area contributed by atoms with Crippen LogP contribution in [0.3, 0.4) is 0 Å². The number of hydrogen-bond acceptors (Lipinski definition) is 3. The Bertz CT molecular complexity index is 631. The molecule has 1 aliphatic heterocycles. The van der Waals surface area contributed by atoms with E-state index in [0.29, 0.717) is 30.3 Å². The highest BCUT2D eigenvalue weighted by molar-refractivity contribution is 6.30. The molecule has 0 bridgehead atoms. The molecule has 2 heterocycles. The second kappa shape index (κ2) is 6.13. The molecule has 0 aliphatic carbocycles. The third kappa shape index (κ3) is 3.43. The molecule has 0 saturated carbocycles. The Hall–Kier alpha value is -1.43. The summed E-state index contributed by atoms with van der Waals surface area (Å²) < 4.78 is 19.6. The van der Waals surface area contributed by atoms with E-state index in [1.807, 2.05) is 6.92 Å². The molecule has 1 atom stereocenters. The minimum atomic E-state index is -0.264. The smallest absolute Gasteiger partial charge is 0.136 e. The van der Waals surface area contributed by atoms with E-state index >= 15 is 0 Å². The van der Waals surface area contributed by atoms with Gasteiger partial charge >= 0.3 is 0 Å². The van der Waals surface area contributed by atoms with Crippen molar-refractivity contribution in [3.8, 4) is 0 Å². The topological polar surface area (TPSA) is 41.2 Å². The van der Waals surface area contributed by atoms with Crippen LogP contribution < -0.4 is 0 Å². The molecule has 2 aromatic rings. The summed E-state index contributed by atoms with van der Waals surface area (Å²) in [6.07, 6.45) is 1.69. The van der Waals surface area contributed by atoms with E-state index in [-0.39, 0.29) is 11.9 Å². The highest BCUT2D eigenvalue weighted by Crippen LogP contribution is 2.22. The summed E-state index contributed by atoms with van der Waals surface area (Å²) in [7, 11) is 0. The molecule has 1 saturated heterocycles. The predicted molar refractivity (Wildman–Crippen MR) is 78.7 cm³/mol. The van der Waals surface area contributed by atoms with E-state index in [1.54, 1.807) is 18.3 Å². The molecule has 4 nitrogen and oxygen atoms in total. The number of hydrogen-bond donors (Lipinski definition) is 1. The predicted octanol–water partition coefficient (Wildman–Crippen LogP) is 3.08. The minimum absolute atomic E-state index is 0.0946. The third-order valence-electron chi connectivity index (χ3n) is 3.59. The van der Waals surface area contributed by atoms with Crippen LogP contribution in [0.25, 0.3) is 0 Å². The number of aromatic amines is 1. The number of ether oxygens (including phenoxy) is 1. The summed E-state index contributed by atoms with van der Waals surface area (Å²) >= 11 is 5.78. The van der Waals surface area contributed by atoms with Crippen molar-refractivity contribution in [3.05, 3.63) is 52.3 Å². The lowest BCUT2D eigenvalue weighted by molar-refractivity contribution is -0.0371. The molecule has 0 unspecified atom stereocenters. The van der Waals surface area contributed by atoms with Crippen LogP contribution in [-0.2, 0) is 11.3 Å². The number of halogens is 2. The van der Waals surface area contributed by atoms with Gasteiger partial charge < -0.3 is 9.72 Å². The van der Waals surface area contributed by atoms with Gasteiger partial charge in [-0.2, -0.15) is 0 Å². The van der Waals surface area contributed by atoms with Gasteiger partial charge in [-0.3, -0.25) is 4.90 Å². The fourth-order valence-electron chi connectivity index (χ4n) is 2.50. The van der Waals surface area contributed by atoms with E-state index in [1.165, 1.54) is 6.07 Å². The molecule has 0 spiro atoms. The molecule has 1 N–H and O–H groups in total. The van der Waals surface area contributed by atoms with Crippen LogP contribution in [0.4, 0.5) is 4.39 Å². The minimum Gasteiger partial charge on any atom is -0.368 e. The number of morpholine rings is 1. The van der Waals surface area contributed by atoms with Crippen LogP contribution in [0.5, 0.6) is 0 Å². The monoisotopic (exact) mass is 309 g/mol. The van der Waals surface area contributed by atoms with Crippen molar-refractivity contribution in [2.75, 3.05) is 19.7 Å². The molecular weight excluding hydrogens is 293 g/mol. The van der Waals surface area contributed by atoms with E-state index in [9.17, 15) is 4.39 Å². The normalized spacial score (nSPS) is 19.9. The first-order chi connectivity index (χ1) is 10.1.